The third kappa shape index (κ3) is 4.30. The van der Waals surface area contributed by atoms with E-state index in [9.17, 15) is 9.18 Å². The number of aromatic nitrogens is 3. The van der Waals surface area contributed by atoms with Gasteiger partial charge in [-0.15, -0.1) is 12.4 Å². The number of nitrogens with one attached hydrogen (secondary N) is 1. The van der Waals surface area contributed by atoms with Crippen molar-refractivity contribution in [3.8, 4) is 11.4 Å². The summed E-state index contributed by atoms with van der Waals surface area (Å²) in [5, 5.41) is 8.69. The Kier molecular flexibility index (Phi) is 6.01. The number of hydrogen-bond acceptors (Lipinski definition) is 6. The van der Waals surface area contributed by atoms with Crippen LogP contribution in [0.2, 0.25) is 0 Å². The average molecular weight is 443 g/mol. The van der Waals surface area contributed by atoms with Gasteiger partial charge in [-0.25, -0.2) is 4.39 Å². The summed E-state index contributed by atoms with van der Waals surface area (Å²) < 4.78 is 25.8. The van der Waals surface area contributed by atoms with Crippen molar-refractivity contribution in [1.82, 2.24) is 20.1 Å². The Labute approximate surface area is 183 Å². The van der Waals surface area contributed by atoms with Crippen molar-refractivity contribution in [3.05, 3.63) is 82.0 Å². The molecule has 3 aromatic heterocycles. The van der Waals surface area contributed by atoms with Crippen LogP contribution in [0.25, 0.3) is 16.7 Å². The molecule has 0 fully saturated rings. The monoisotopic (exact) mass is 442 g/mol. The lowest BCUT2D eigenvalue weighted by Gasteiger charge is -2.08. The zero-order valence-electron chi connectivity index (χ0n) is 16.5. The predicted molar refractivity (Wildman–Crippen MR) is 115 cm³/mol. The Morgan fingerprint density at radius 2 is 2.10 bits per heavy atom. The van der Waals surface area contributed by atoms with Gasteiger partial charge < -0.3 is 14.5 Å². The van der Waals surface area contributed by atoms with Crippen LogP contribution < -0.4 is 15.6 Å². The number of nitrogens with zero attached hydrogens (tertiary/aromatic N) is 3. The van der Waals surface area contributed by atoms with Gasteiger partial charge >= 0.3 is 0 Å². The molecular formula is C22H20ClFN4O3. The zero-order chi connectivity index (χ0) is 20.5. The summed E-state index contributed by atoms with van der Waals surface area (Å²) in [6, 6.07) is 9.87. The fourth-order valence-corrected chi connectivity index (χ4v) is 3.62. The molecule has 0 saturated carbocycles. The molecular weight excluding hydrogens is 423 g/mol. The van der Waals surface area contributed by atoms with Gasteiger partial charge in [-0.1, -0.05) is 0 Å². The van der Waals surface area contributed by atoms with Crippen LogP contribution in [0, 0.1) is 5.82 Å². The van der Waals surface area contributed by atoms with E-state index in [0.717, 1.165) is 48.9 Å². The van der Waals surface area contributed by atoms with Crippen LogP contribution in [-0.4, -0.2) is 21.3 Å². The van der Waals surface area contributed by atoms with Crippen LogP contribution in [0.15, 0.2) is 58.0 Å². The summed E-state index contributed by atoms with van der Waals surface area (Å²) in [5.41, 5.74) is 2.79. The molecule has 4 heterocycles. The van der Waals surface area contributed by atoms with E-state index in [2.05, 4.69) is 15.4 Å². The number of ether oxygens (including phenoxy) is 1. The van der Waals surface area contributed by atoms with Gasteiger partial charge in [0, 0.05) is 36.0 Å². The summed E-state index contributed by atoms with van der Waals surface area (Å²) >= 11 is 0. The van der Waals surface area contributed by atoms with Gasteiger partial charge in [0.1, 0.15) is 29.5 Å². The largest absolute Gasteiger partial charge is 0.485 e. The van der Waals surface area contributed by atoms with E-state index in [1.807, 2.05) is 18.2 Å². The molecule has 9 heteroatoms. The van der Waals surface area contributed by atoms with Crippen molar-refractivity contribution in [2.45, 2.75) is 26.0 Å². The quantitative estimate of drug-likeness (QED) is 0.520. The Balaban J connectivity index is 0.00000231. The molecule has 1 aromatic carbocycles. The first kappa shape index (κ1) is 21.0. The normalized spacial score (nSPS) is 13.3. The maximum Gasteiger partial charge on any atom is 0.275 e. The van der Waals surface area contributed by atoms with Gasteiger partial charge in [0.25, 0.3) is 5.56 Å². The van der Waals surface area contributed by atoms with E-state index >= 15 is 0 Å². The van der Waals surface area contributed by atoms with E-state index < -0.39 is 5.82 Å². The number of pyridine rings is 1. The molecule has 0 aliphatic carbocycles. The summed E-state index contributed by atoms with van der Waals surface area (Å²) in [6.45, 7) is 1.88. The minimum absolute atomic E-state index is 0. The van der Waals surface area contributed by atoms with E-state index in [0.29, 0.717) is 17.1 Å². The highest BCUT2D eigenvalue weighted by Gasteiger charge is 2.17. The van der Waals surface area contributed by atoms with Gasteiger partial charge in [0.2, 0.25) is 0 Å². The SMILES string of the molecule is Cl.O=c1cc(OCc2ccc(F)cn2)cnn1-c1ccc2c3c(oc2c1)CCCNC3. The van der Waals surface area contributed by atoms with Gasteiger partial charge in [-0.2, -0.15) is 9.78 Å². The molecule has 0 amide bonds. The summed E-state index contributed by atoms with van der Waals surface area (Å²) in [4.78, 5) is 16.5. The molecule has 0 saturated heterocycles. The highest BCUT2D eigenvalue weighted by atomic mass is 35.5. The fraction of sp³-hybridized carbons (Fsp3) is 0.227. The van der Waals surface area contributed by atoms with Gasteiger partial charge in [0.15, 0.2) is 0 Å². The van der Waals surface area contributed by atoms with Crippen LogP contribution in [0.1, 0.15) is 23.4 Å². The van der Waals surface area contributed by atoms with Crippen LogP contribution in [0.4, 0.5) is 4.39 Å². The molecule has 0 bridgehead atoms. The lowest BCUT2D eigenvalue weighted by molar-refractivity contribution is 0.298. The van der Waals surface area contributed by atoms with E-state index in [1.54, 1.807) is 0 Å². The molecule has 0 spiro atoms. The van der Waals surface area contributed by atoms with Gasteiger partial charge in [0.05, 0.1) is 23.8 Å². The Morgan fingerprint density at radius 1 is 1.19 bits per heavy atom. The highest BCUT2D eigenvalue weighted by Crippen LogP contribution is 2.29. The fourth-order valence-electron chi connectivity index (χ4n) is 3.62. The lowest BCUT2D eigenvalue weighted by atomic mass is 10.1. The first-order chi connectivity index (χ1) is 14.7. The summed E-state index contributed by atoms with van der Waals surface area (Å²) in [6.07, 6.45) is 4.53. The predicted octanol–water partition coefficient (Wildman–Crippen LogP) is 3.55. The second-order valence-electron chi connectivity index (χ2n) is 7.16. The number of fused-ring (bicyclic) bond motifs is 3. The molecule has 1 aliphatic rings. The molecule has 1 N–H and O–H groups in total. The molecule has 7 nitrogen and oxygen atoms in total. The number of hydrogen-bond donors (Lipinski definition) is 1. The Hall–Kier alpha value is -3.23. The molecule has 0 radical (unpaired) electrons. The second kappa shape index (κ2) is 8.87. The molecule has 0 unspecified atom stereocenters. The molecule has 31 heavy (non-hydrogen) atoms. The van der Waals surface area contributed by atoms with Crippen molar-refractivity contribution in [1.29, 1.82) is 0 Å². The lowest BCUT2D eigenvalue weighted by Crippen LogP contribution is -2.20. The first-order valence-electron chi connectivity index (χ1n) is 9.75. The highest BCUT2D eigenvalue weighted by molar-refractivity contribution is 5.85. The molecule has 160 valence electrons. The number of furan rings is 1. The minimum Gasteiger partial charge on any atom is -0.485 e. The van der Waals surface area contributed by atoms with Crippen LogP contribution in [0.5, 0.6) is 5.75 Å². The van der Waals surface area contributed by atoms with Gasteiger partial charge in [-0.3, -0.25) is 9.78 Å². The smallest absolute Gasteiger partial charge is 0.275 e. The molecule has 4 aromatic rings. The maximum absolute atomic E-state index is 12.9. The van der Waals surface area contributed by atoms with Crippen molar-refractivity contribution in [2.75, 3.05) is 6.54 Å². The molecule has 1 aliphatic heterocycles. The number of benzene rings is 1. The molecule has 0 atom stereocenters. The maximum atomic E-state index is 12.9. The van der Waals surface area contributed by atoms with E-state index in [4.69, 9.17) is 9.15 Å². The third-order valence-electron chi connectivity index (χ3n) is 5.11. The number of halogens is 2. The third-order valence-corrected chi connectivity index (χ3v) is 5.11. The summed E-state index contributed by atoms with van der Waals surface area (Å²) in [5.74, 6) is 0.911. The zero-order valence-corrected chi connectivity index (χ0v) is 17.3. The van der Waals surface area contributed by atoms with Crippen LogP contribution in [-0.2, 0) is 19.6 Å². The van der Waals surface area contributed by atoms with E-state index in [-0.39, 0.29) is 24.6 Å². The second-order valence-corrected chi connectivity index (χ2v) is 7.16. The van der Waals surface area contributed by atoms with Crippen molar-refractivity contribution >= 4 is 23.4 Å². The van der Waals surface area contributed by atoms with Crippen molar-refractivity contribution in [2.24, 2.45) is 0 Å². The van der Waals surface area contributed by atoms with Crippen LogP contribution in [0.3, 0.4) is 0 Å². The molecule has 5 rings (SSSR count). The topological polar surface area (TPSA) is 82.2 Å². The standard InChI is InChI=1S/C22H19FN4O3.ClH/c23-14-3-4-15(25-10-14)13-29-17-9-22(28)27(26-11-17)16-5-6-18-19-12-24-7-1-2-20(19)30-21(18)8-16;/h3-6,8-11,24H,1-2,7,12-13H2;1H. The van der Waals surface area contributed by atoms with Crippen molar-refractivity contribution < 1.29 is 13.5 Å². The minimum atomic E-state index is -0.413. The summed E-state index contributed by atoms with van der Waals surface area (Å²) in [7, 11) is 0. The van der Waals surface area contributed by atoms with E-state index in [1.165, 1.54) is 34.6 Å². The number of rotatable bonds is 4. The average Bonchev–Trinajstić information content (AvgIpc) is 2.93. The number of aryl methyl sites for hydroxylation is 1. The first-order valence-corrected chi connectivity index (χ1v) is 9.75. The van der Waals surface area contributed by atoms with Gasteiger partial charge in [-0.05, 0) is 37.2 Å². The Morgan fingerprint density at radius 3 is 2.90 bits per heavy atom. The van der Waals surface area contributed by atoms with Crippen LogP contribution >= 0.6 is 12.4 Å². The Bertz CT molecular complexity index is 1270. The van der Waals surface area contributed by atoms with Crippen molar-refractivity contribution in [3.63, 3.8) is 0 Å².